The Hall–Kier alpha value is -1.21. The molecule has 0 aliphatic carbocycles. The van der Waals surface area contributed by atoms with Crippen LogP contribution in [0.15, 0.2) is 30.7 Å². The summed E-state index contributed by atoms with van der Waals surface area (Å²) in [4.78, 5) is 23.9. The van der Waals surface area contributed by atoms with Gasteiger partial charge in [-0.25, -0.2) is 4.98 Å². The number of pyridine rings is 1. The third-order valence-corrected chi connectivity index (χ3v) is 5.49. The first-order valence-corrected chi connectivity index (χ1v) is 8.53. The van der Waals surface area contributed by atoms with Gasteiger partial charge in [0.25, 0.3) is 5.91 Å². The summed E-state index contributed by atoms with van der Waals surface area (Å²) in [5.41, 5.74) is 1.01. The van der Waals surface area contributed by atoms with E-state index in [1.54, 1.807) is 18.6 Å². The molecule has 2 aromatic heterocycles. The minimum atomic E-state index is 0. The predicted octanol–water partition coefficient (Wildman–Crippen LogP) is 3.02. The summed E-state index contributed by atoms with van der Waals surface area (Å²) < 4.78 is 0. The molecule has 2 aliphatic heterocycles. The van der Waals surface area contributed by atoms with Crippen LogP contribution in [0, 0.1) is 0 Å². The second-order valence-electron chi connectivity index (χ2n) is 5.94. The highest BCUT2D eigenvalue weighted by Crippen LogP contribution is 2.27. The monoisotopic (exact) mass is 386 g/mol. The maximum absolute atomic E-state index is 12.7. The Balaban J connectivity index is 0.00000104. The van der Waals surface area contributed by atoms with Gasteiger partial charge >= 0.3 is 0 Å². The van der Waals surface area contributed by atoms with Crippen LogP contribution in [0.4, 0.5) is 0 Å². The van der Waals surface area contributed by atoms with Gasteiger partial charge in [-0.2, -0.15) is 0 Å². The molecular formula is C16H20Cl2N4OS. The lowest BCUT2D eigenvalue weighted by Crippen LogP contribution is -2.38. The molecular weight excluding hydrogens is 367 g/mol. The minimum absolute atomic E-state index is 0. The number of fused-ring (bicyclic) bond motifs is 2. The Labute approximate surface area is 157 Å². The van der Waals surface area contributed by atoms with E-state index in [1.165, 1.54) is 24.2 Å². The number of thiazole rings is 1. The van der Waals surface area contributed by atoms with Crippen molar-refractivity contribution in [2.75, 3.05) is 13.1 Å². The molecule has 1 amide bonds. The summed E-state index contributed by atoms with van der Waals surface area (Å²) in [7, 11) is 0. The second-order valence-corrected chi connectivity index (χ2v) is 6.97. The SMILES string of the molecule is Cl.Cl.O=C(c1cnc(-c2ccncc2)s1)N1CCC2CCC(C1)N2. The largest absolute Gasteiger partial charge is 0.336 e. The summed E-state index contributed by atoms with van der Waals surface area (Å²) in [5.74, 6) is 0.118. The number of aromatic nitrogens is 2. The molecule has 24 heavy (non-hydrogen) atoms. The highest BCUT2D eigenvalue weighted by molar-refractivity contribution is 7.16. The molecule has 2 atom stereocenters. The zero-order valence-corrected chi connectivity index (χ0v) is 15.5. The molecule has 0 radical (unpaired) electrons. The van der Waals surface area contributed by atoms with Gasteiger partial charge in [0.1, 0.15) is 9.88 Å². The molecule has 2 aromatic rings. The highest BCUT2D eigenvalue weighted by Gasteiger charge is 2.31. The van der Waals surface area contributed by atoms with Crippen molar-refractivity contribution in [2.45, 2.75) is 31.3 Å². The summed E-state index contributed by atoms with van der Waals surface area (Å²) in [6, 6.07) is 4.89. The molecule has 8 heteroatoms. The number of hydrogen-bond donors (Lipinski definition) is 1. The van der Waals surface area contributed by atoms with Gasteiger partial charge in [0.05, 0.1) is 6.20 Å². The zero-order chi connectivity index (χ0) is 14.9. The van der Waals surface area contributed by atoms with E-state index in [1.807, 2.05) is 17.0 Å². The quantitative estimate of drug-likeness (QED) is 0.861. The van der Waals surface area contributed by atoms with E-state index < -0.39 is 0 Å². The second kappa shape index (κ2) is 8.25. The number of carbonyl (C=O) groups excluding carboxylic acids is 1. The van der Waals surface area contributed by atoms with Crippen LogP contribution < -0.4 is 5.32 Å². The number of carbonyl (C=O) groups is 1. The molecule has 0 aromatic carbocycles. The molecule has 2 aliphatic rings. The molecule has 4 heterocycles. The lowest BCUT2D eigenvalue weighted by molar-refractivity contribution is 0.0753. The van der Waals surface area contributed by atoms with Gasteiger partial charge < -0.3 is 10.2 Å². The Bertz CT molecular complexity index is 682. The van der Waals surface area contributed by atoms with Gasteiger partial charge in [-0.3, -0.25) is 9.78 Å². The number of hydrogen-bond acceptors (Lipinski definition) is 5. The van der Waals surface area contributed by atoms with Gasteiger partial charge in [0, 0.05) is 43.1 Å². The fourth-order valence-electron chi connectivity index (χ4n) is 3.28. The summed E-state index contributed by atoms with van der Waals surface area (Å²) in [5, 5.41) is 4.48. The van der Waals surface area contributed by atoms with Gasteiger partial charge in [-0.05, 0) is 31.4 Å². The van der Waals surface area contributed by atoms with Crippen LogP contribution in [-0.4, -0.2) is 45.9 Å². The number of nitrogens with one attached hydrogen (secondary N) is 1. The molecule has 0 spiro atoms. The normalized spacial score (nSPS) is 22.2. The lowest BCUT2D eigenvalue weighted by atomic mass is 10.1. The van der Waals surface area contributed by atoms with Crippen molar-refractivity contribution in [3.05, 3.63) is 35.6 Å². The lowest BCUT2D eigenvalue weighted by Gasteiger charge is -2.23. The van der Waals surface area contributed by atoms with E-state index in [-0.39, 0.29) is 30.7 Å². The standard InChI is InChI=1S/C16H18N4OS.2ClH/c21-16(20-8-5-12-1-2-13(10-20)19-12)14-9-18-15(22-14)11-3-6-17-7-4-11;;/h3-4,6-7,9,12-13,19H,1-2,5,8,10H2;2*1H. The molecule has 2 saturated heterocycles. The van der Waals surface area contributed by atoms with Crippen molar-refractivity contribution in [1.29, 1.82) is 0 Å². The number of rotatable bonds is 2. The fraction of sp³-hybridized carbons (Fsp3) is 0.438. The first-order chi connectivity index (χ1) is 10.8. The van der Waals surface area contributed by atoms with Crippen LogP contribution in [0.1, 0.15) is 28.9 Å². The van der Waals surface area contributed by atoms with Crippen molar-refractivity contribution in [2.24, 2.45) is 0 Å². The molecule has 5 nitrogen and oxygen atoms in total. The Morgan fingerprint density at radius 3 is 2.71 bits per heavy atom. The number of halogens is 2. The zero-order valence-electron chi connectivity index (χ0n) is 13.1. The van der Waals surface area contributed by atoms with Gasteiger partial charge in [-0.15, -0.1) is 36.2 Å². The first kappa shape index (κ1) is 19.1. The first-order valence-electron chi connectivity index (χ1n) is 7.71. The molecule has 0 saturated carbocycles. The van der Waals surface area contributed by atoms with Crippen molar-refractivity contribution >= 4 is 42.1 Å². The van der Waals surface area contributed by atoms with Crippen LogP contribution in [0.3, 0.4) is 0 Å². The smallest absolute Gasteiger partial charge is 0.265 e. The molecule has 4 rings (SSSR count). The van der Waals surface area contributed by atoms with Gasteiger partial charge in [0.15, 0.2) is 0 Å². The van der Waals surface area contributed by atoms with E-state index in [0.29, 0.717) is 12.1 Å². The average molecular weight is 387 g/mol. The van der Waals surface area contributed by atoms with Crippen LogP contribution in [0.2, 0.25) is 0 Å². The van der Waals surface area contributed by atoms with Crippen LogP contribution in [-0.2, 0) is 0 Å². The van der Waals surface area contributed by atoms with Crippen LogP contribution >= 0.6 is 36.2 Å². The summed E-state index contributed by atoms with van der Waals surface area (Å²) in [6.45, 7) is 1.66. The van der Waals surface area contributed by atoms with E-state index >= 15 is 0 Å². The van der Waals surface area contributed by atoms with Crippen molar-refractivity contribution in [3.63, 3.8) is 0 Å². The summed E-state index contributed by atoms with van der Waals surface area (Å²) >= 11 is 1.46. The Kier molecular flexibility index (Phi) is 6.57. The highest BCUT2D eigenvalue weighted by atomic mass is 35.5. The topological polar surface area (TPSA) is 58.1 Å². The van der Waals surface area contributed by atoms with Gasteiger partial charge in [-0.1, -0.05) is 0 Å². The average Bonchev–Trinajstić information content (AvgIpc) is 3.14. The fourth-order valence-corrected chi connectivity index (χ4v) is 4.17. The van der Waals surface area contributed by atoms with E-state index in [9.17, 15) is 4.79 Å². The third kappa shape index (κ3) is 3.88. The number of amides is 1. The molecule has 2 fully saturated rings. The molecule has 2 unspecified atom stereocenters. The number of likely N-dealkylation sites (tertiary alicyclic amines) is 1. The summed E-state index contributed by atoms with van der Waals surface area (Å²) in [6.07, 6.45) is 8.68. The minimum Gasteiger partial charge on any atom is -0.336 e. The van der Waals surface area contributed by atoms with E-state index in [0.717, 1.165) is 35.0 Å². The Morgan fingerprint density at radius 1 is 1.17 bits per heavy atom. The molecule has 130 valence electrons. The van der Waals surface area contributed by atoms with Crippen LogP contribution in [0.5, 0.6) is 0 Å². The van der Waals surface area contributed by atoms with Crippen molar-refractivity contribution in [3.8, 4) is 10.6 Å². The Morgan fingerprint density at radius 2 is 1.92 bits per heavy atom. The van der Waals surface area contributed by atoms with E-state index in [2.05, 4.69) is 15.3 Å². The van der Waals surface area contributed by atoms with Crippen LogP contribution in [0.25, 0.3) is 10.6 Å². The third-order valence-electron chi connectivity index (χ3n) is 4.45. The maximum atomic E-state index is 12.7. The molecule has 2 bridgehead atoms. The molecule has 1 N–H and O–H groups in total. The van der Waals surface area contributed by atoms with Gasteiger partial charge in [0.2, 0.25) is 0 Å². The van der Waals surface area contributed by atoms with Crippen molar-refractivity contribution in [1.82, 2.24) is 20.2 Å². The number of nitrogens with zero attached hydrogens (tertiary/aromatic N) is 3. The predicted molar refractivity (Wildman–Crippen MR) is 100 cm³/mol. The van der Waals surface area contributed by atoms with Crippen molar-refractivity contribution < 1.29 is 4.79 Å². The van der Waals surface area contributed by atoms with E-state index in [4.69, 9.17) is 0 Å². The maximum Gasteiger partial charge on any atom is 0.265 e.